The molecule has 27 heavy (non-hydrogen) atoms. The Morgan fingerprint density at radius 3 is 2.96 bits per heavy atom. The van der Waals surface area contributed by atoms with E-state index >= 15 is 0 Å². The number of rotatable bonds is 5. The average molecular weight is 385 g/mol. The van der Waals surface area contributed by atoms with E-state index in [9.17, 15) is 5.11 Å². The van der Waals surface area contributed by atoms with Crippen molar-refractivity contribution in [2.75, 3.05) is 6.61 Å². The van der Waals surface area contributed by atoms with Crippen molar-refractivity contribution in [1.29, 1.82) is 0 Å². The van der Waals surface area contributed by atoms with Gasteiger partial charge in [0.15, 0.2) is 12.1 Å². The lowest BCUT2D eigenvalue weighted by molar-refractivity contribution is 0.0781. The number of ether oxygens (including phenoxy) is 1. The first kappa shape index (κ1) is 18.1. The molecule has 2 aromatic rings. The summed E-state index contributed by atoms with van der Waals surface area (Å²) in [6, 6.07) is 7.61. The molecule has 3 atom stereocenters. The lowest BCUT2D eigenvalue weighted by atomic mass is 10.0. The van der Waals surface area contributed by atoms with Crippen LogP contribution < -0.4 is 0 Å². The van der Waals surface area contributed by atoms with Gasteiger partial charge in [0.2, 0.25) is 0 Å². The quantitative estimate of drug-likeness (QED) is 0.835. The highest BCUT2D eigenvalue weighted by atomic mass is 35.5. The summed E-state index contributed by atoms with van der Waals surface area (Å²) in [6.07, 6.45) is 8.41. The van der Waals surface area contributed by atoms with E-state index in [-0.39, 0.29) is 12.0 Å². The van der Waals surface area contributed by atoms with Crippen molar-refractivity contribution in [2.45, 2.75) is 38.0 Å². The van der Waals surface area contributed by atoms with E-state index < -0.39 is 6.23 Å². The van der Waals surface area contributed by atoms with Crippen LogP contribution in [0, 0.1) is 0 Å². The van der Waals surface area contributed by atoms with E-state index in [2.05, 4.69) is 27.2 Å². The molecule has 0 radical (unpaired) electrons. The Morgan fingerprint density at radius 2 is 2.19 bits per heavy atom. The molecule has 1 aliphatic heterocycles. The summed E-state index contributed by atoms with van der Waals surface area (Å²) in [4.78, 5) is 9.06. The van der Waals surface area contributed by atoms with Crippen LogP contribution >= 0.6 is 11.6 Å². The minimum absolute atomic E-state index is 0.121. The second kappa shape index (κ2) is 7.76. The summed E-state index contributed by atoms with van der Waals surface area (Å²) in [7, 11) is 0. The van der Waals surface area contributed by atoms with Gasteiger partial charge >= 0.3 is 0 Å². The number of allylic oxidation sites excluding steroid dienone is 4. The maximum atomic E-state index is 10.4. The minimum atomic E-state index is -0.781. The van der Waals surface area contributed by atoms with E-state index in [4.69, 9.17) is 16.3 Å². The van der Waals surface area contributed by atoms with Gasteiger partial charge in [-0.1, -0.05) is 54.1 Å². The number of hydrogen-bond acceptors (Lipinski definition) is 5. The predicted molar refractivity (Wildman–Crippen MR) is 104 cm³/mol. The van der Waals surface area contributed by atoms with Crippen molar-refractivity contribution in [3.05, 3.63) is 65.0 Å². The van der Waals surface area contributed by atoms with Gasteiger partial charge in [-0.15, -0.1) is 0 Å². The third kappa shape index (κ3) is 3.88. The summed E-state index contributed by atoms with van der Waals surface area (Å²) in [6.45, 7) is 2.25. The lowest BCUT2D eigenvalue weighted by Crippen LogP contribution is -2.22. The fourth-order valence-electron chi connectivity index (χ4n) is 3.23. The standard InChI is InChI=1S/C20H21ClN4O2/c1-13(16-9-5-6-10-17(16)21)27-12-15-11-18(26)25-20(22-15)23-19(24-25)14-7-3-2-4-8-14/h2-7,9-10,13-14,18,26H,8,11-12H2,1H3. The van der Waals surface area contributed by atoms with Gasteiger partial charge in [-0.2, -0.15) is 10.1 Å². The van der Waals surface area contributed by atoms with Gasteiger partial charge in [0.1, 0.15) is 0 Å². The molecule has 1 N–H and O–H groups in total. The largest absolute Gasteiger partial charge is 0.371 e. The lowest BCUT2D eigenvalue weighted by Gasteiger charge is -2.20. The normalized spacial score (nSPS) is 22.4. The topological polar surface area (TPSA) is 72.5 Å². The second-order valence-corrected chi connectivity index (χ2v) is 7.11. The maximum absolute atomic E-state index is 10.4. The van der Waals surface area contributed by atoms with Crippen LogP contribution in [-0.2, 0) is 4.74 Å². The van der Waals surface area contributed by atoms with Crippen LogP contribution in [0.1, 0.15) is 49.4 Å². The maximum Gasteiger partial charge on any atom is 0.250 e. The van der Waals surface area contributed by atoms with Gasteiger partial charge < -0.3 is 9.84 Å². The highest BCUT2D eigenvalue weighted by molar-refractivity contribution is 6.31. The molecular weight excluding hydrogens is 364 g/mol. The van der Waals surface area contributed by atoms with E-state index in [0.717, 1.165) is 17.7 Å². The van der Waals surface area contributed by atoms with Gasteiger partial charge in [-0.25, -0.2) is 9.67 Å². The van der Waals surface area contributed by atoms with Gasteiger partial charge in [0.25, 0.3) is 5.95 Å². The molecular formula is C20H21ClN4O2. The van der Waals surface area contributed by atoms with E-state index in [1.54, 1.807) is 0 Å². The van der Waals surface area contributed by atoms with Crippen LogP contribution in [0.5, 0.6) is 0 Å². The van der Waals surface area contributed by atoms with Crippen molar-refractivity contribution in [3.63, 3.8) is 0 Å². The Morgan fingerprint density at radius 1 is 1.33 bits per heavy atom. The fraction of sp³-hybridized carbons (Fsp3) is 0.350. The first-order valence-corrected chi connectivity index (χ1v) is 9.40. The smallest absolute Gasteiger partial charge is 0.250 e. The molecule has 7 heteroatoms. The molecule has 1 aromatic carbocycles. The zero-order valence-electron chi connectivity index (χ0n) is 15.0. The highest BCUT2D eigenvalue weighted by Crippen LogP contribution is 2.30. The monoisotopic (exact) mass is 384 g/mol. The zero-order chi connectivity index (χ0) is 18.8. The fourth-order valence-corrected chi connectivity index (χ4v) is 3.52. The van der Waals surface area contributed by atoms with Crippen molar-refractivity contribution in [3.8, 4) is 0 Å². The molecule has 0 spiro atoms. The van der Waals surface area contributed by atoms with Gasteiger partial charge in [0, 0.05) is 17.4 Å². The van der Waals surface area contributed by atoms with Crippen molar-refractivity contribution < 1.29 is 9.84 Å². The van der Waals surface area contributed by atoms with Crippen LogP contribution in [0.3, 0.4) is 0 Å². The number of fused-ring (bicyclic) bond motifs is 1. The summed E-state index contributed by atoms with van der Waals surface area (Å²) in [5.41, 5.74) is 1.67. The first-order chi connectivity index (χ1) is 13.1. The summed E-state index contributed by atoms with van der Waals surface area (Å²) < 4.78 is 7.42. The molecule has 4 rings (SSSR count). The number of benzene rings is 1. The number of aliphatic hydroxyl groups is 1. The molecule has 6 nitrogen and oxygen atoms in total. The molecule has 3 unspecified atom stereocenters. The van der Waals surface area contributed by atoms with Gasteiger partial charge in [0.05, 0.1) is 18.4 Å². The molecule has 0 bridgehead atoms. The molecule has 0 amide bonds. The number of aliphatic imine (C=N–C) groups is 1. The predicted octanol–water partition coefficient (Wildman–Crippen LogP) is 4.28. The Kier molecular flexibility index (Phi) is 5.20. The zero-order valence-corrected chi connectivity index (χ0v) is 15.8. The third-order valence-corrected chi connectivity index (χ3v) is 5.09. The summed E-state index contributed by atoms with van der Waals surface area (Å²) >= 11 is 6.23. The molecule has 0 fully saturated rings. The number of hydrogen-bond donors (Lipinski definition) is 1. The summed E-state index contributed by atoms with van der Waals surface area (Å²) in [5.74, 6) is 1.23. The summed E-state index contributed by atoms with van der Waals surface area (Å²) in [5, 5.41) is 15.6. The van der Waals surface area contributed by atoms with Crippen molar-refractivity contribution in [2.24, 2.45) is 4.99 Å². The van der Waals surface area contributed by atoms with Crippen LogP contribution in [0.15, 0.2) is 53.6 Å². The SMILES string of the molecule is CC(OCC1=Nc2nc(C3C=CC=CC3)nn2C(O)C1)c1ccccc1Cl. The molecule has 0 saturated carbocycles. The number of aromatic nitrogens is 3. The van der Waals surface area contributed by atoms with Crippen LogP contribution in [0.25, 0.3) is 0 Å². The van der Waals surface area contributed by atoms with Crippen molar-refractivity contribution >= 4 is 23.3 Å². The Balaban J connectivity index is 1.47. The molecule has 2 aliphatic rings. The Hall–Kier alpha value is -2.28. The van der Waals surface area contributed by atoms with Gasteiger partial charge in [-0.3, -0.25) is 0 Å². The van der Waals surface area contributed by atoms with E-state index in [0.29, 0.717) is 29.8 Å². The Labute approximate surface area is 162 Å². The molecule has 1 aliphatic carbocycles. The first-order valence-electron chi connectivity index (χ1n) is 9.02. The molecule has 0 saturated heterocycles. The van der Waals surface area contributed by atoms with E-state index in [1.165, 1.54) is 4.68 Å². The van der Waals surface area contributed by atoms with Crippen molar-refractivity contribution in [1.82, 2.24) is 14.8 Å². The number of aliphatic hydroxyl groups excluding tert-OH is 1. The molecule has 2 heterocycles. The number of halogens is 1. The Bertz CT molecular complexity index is 918. The van der Waals surface area contributed by atoms with Crippen LogP contribution in [-0.4, -0.2) is 32.2 Å². The molecule has 1 aromatic heterocycles. The highest BCUT2D eigenvalue weighted by Gasteiger charge is 2.26. The second-order valence-electron chi connectivity index (χ2n) is 6.71. The van der Waals surface area contributed by atoms with E-state index in [1.807, 2.05) is 43.3 Å². The van der Waals surface area contributed by atoms with Crippen LogP contribution in [0.2, 0.25) is 5.02 Å². The third-order valence-electron chi connectivity index (χ3n) is 4.74. The minimum Gasteiger partial charge on any atom is -0.371 e. The molecule has 140 valence electrons. The average Bonchev–Trinajstić information content (AvgIpc) is 3.12. The van der Waals surface area contributed by atoms with Gasteiger partial charge in [-0.05, 0) is 25.0 Å². The number of nitrogens with zero attached hydrogens (tertiary/aromatic N) is 4. The van der Waals surface area contributed by atoms with Crippen LogP contribution in [0.4, 0.5) is 5.95 Å².